The first-order valence-corrected chi connectivity index (χ1v) is 16.9. The highest BCUT2D eigenvalue weighted by Gasteiger charge is 2.38. The number of hydrogen-bond acceptors (Lipinski definition) is 8. The van der Waals surface area contributed by atoms with E-state index >= 15 is 0 Å². The van der Waals surface area contributed by atoms with Crippen molar-refractivity contribution in [3.8, 4) is 11.1 Å². The fourth-order valence-corrected chi connectivity index (χ4v) is 5.95. The number of carbonyl (C=O) groups excluding carboxylic acids is 2. The van der Waals surface area contributed by atoms with Crippen molar-refractivity contribution in [1.82, 2.24) is 14.7 Å². The first kappa shape index (κ1) is 39.8. The largest absolute Gasteiger partial charge is 0.490 e. The number of anilines is 1. The summed E-state index contributed by atoms with van der Waals surface area (Å²) in [5.74, 6) is -3.72. The van der Waals surface area contributed by atoms with E-state index in [0.717, 1.165) is 54.9 Å². The number of nitrogens with two attached hydrogens (primary N) is 1. The molecular formula is C37H44F3N5O7. The van der Waals surface area contributed by atoms with Gasteiger partial charge in [0.1, 0.15) is 11.6 Å². The minimum Gasteiger partial charge on any atom is -0.480 e. The minimum atomic E-state index is -5.08. The number of piperidine rings is 2. The van der Waals surface area contributed by atoms with Crippen LogP contribution in [0.4, 0.5) is 23.7 Å². The Balaban J connectivity index is 0.000000785. The van der Waals surface area contributed by atoms with Crippen LogP contribution in [0.2, 0.25) is 0 Å². The van der Waals surface area contributed by atoms with Crippen molar-refractivity contribution in [2.75, 3.05) is 51.6 Å². The topological polar surface area (TPSA) is 166 Å². The van der Waals surface area contributed by atoms with Crippen LogP contribution in [-0.4, -0.2) is 113 Å². The van der Waals surface area contributed by atoms with Gasteiger partial charge in [-0.15, -0.1) is 0 Å². The molecule has 0 unspecified atom stereocenters. The van der Waals surface area contributed by atoms with Gasteiger partial charge in [-0.3, -0.25) is 19.8 Å². The number of aliphatic carboxylic acids is 2. The number of carbonyl (C=O) groups is 4. The molecule has 12 nitrogen and oxygen atoms in total. The highest BCUT2D eigenvalue weighted by atomic mass is 19.4. The van der Waals surface area contributed by atoms with Gasteiger partial charge in [0.15, 0.2) is 0 Å². The maximum absolute atomic E-state index is 13.1. The molecule has 5 N–H and O–H groups in total. The van der Waals surface area contributed by atoms with Crippen molar-refractivity contribution in [2.45, 2.75) is 50.0 Å². The number of nitrogens with zero attached hydrogens (tertiary/aromatic N) is 3. The average molecular weight is 728 g/mol. The van der Waals surface area contributed by atoms with Crippen LogP contribution in [0.3, 0.4) is 0 Å². The lowest BCUT2D eigenvalue weighted by atomic mass is 9.88. The smallest absolute Gasteiger partial charge is 0.480 e. The lowest BCUT2D eigenvalue weighted by Crippen LogP contribution is -2.55. The number of halogens is 3. The molecular weight excluding hydrogens is 683 g/mol. The molecule has 280 valence electrons. The lowest BCUT2D eigenvalue weighted by Gasteiger charge is -2.36. The van der Waals surface area contributed by atoms with Gasteiger partial charge in [-0.25, -0.2) is 9.59 Å². The van der Waals surface area contributed by atoms with Crippen LogP contribution < -0.4 is 11.1 Å². The standard InChI is InChI=1S/C35H43N5O5.C2HF3O2/c1-38(32(41)28-13-11-26(12-14-28)25-40-21-17-35(36,18-22-40)33(42)43)23-24-39-19-15-29(16-20-39)45-34(44)37-31-10-6-5-9-30(31)27-7-3-2-4-8-27;3-2(4,5)1(6)7/h2-14,29H,15-25,36H2,1H3,(H,37,44)(H,42,43);(H,6,7). The molecule has 3 aromatic carbocycles. The maximum atomic E-state index is 13.1. The summed E-state index contributed by atoms with van der Waals surface area (Å²) in [6.07, 6.45) is -3.34. The van der Waals surface area contributed by atoms with Crippen molar-refractivity contribution in [2.24, 2.45) is 5.73 Å². The molecule has 0 radical (unpaired) electrons. The van der Waals surface area contributed by atoms with E-state index in [0.29, 0.717) is 44.6 Å². The summed E-state index contributed by atoms with van der Waals surface area (Å²) in [4.78, 5) is 52.3. The van der Waals surface area contributed by atoms with E-state index in [1.807, 2.05) is 85.9 Å². The van der Waals surface area contributed by atoms with Crippen molar-refractivity contribution >= 4 is 29.6 Å². The molecule has 3 aromatic rings. The van der Waals surface area contributed by atoms with Crippen LogP contribution in [0.15, 0.2) is 78.9 Å². The summed E-state index contributed by atoms with van der Waals surface area (Å²) >= 11 is 0. The number of benzene rings is 3. The quantitative estimate of drug-likeness (QED) is 0.220. The van der Waals surface area contributed by atoms with Crippen LogP contribution in [0.1, 0.15) is 41.6 Å². The van der Waals surface area contributed by atoms with Crippen LogP contribution >= 0.6 is 0 Å². The molecule has 15 heteroatoms. The van der Waals surface area contributed by atoms with Crippen molar-refractivity contribution in [3.05, 3.63) is 90.0 Å². The number of carboxylic acids is 2. The van der Waals surface area contributed by atoms with E-state index < -0.39 is 29.7 Å². The fourth-order valence-electron chi connectivity index (χ4n) is 5.95. The highest BCUT2D eigenvalue weighted by molar-refractivity contribution is 5.94. The summed E-state index contributed by atoms with van der Waals surface area (Å²) < 4.78 is 37.5. The van der Waals surface area contributed by atoms with Gasteiger partial charge in [-0.2, -0.15) is 13.2 Å². The number of para-hydroxylation sites is 1. The molecule has 2 heterocycles. The predicted octanol–water partition coefficient (Wildman–Crippen LogP) is 5.15. The molecule has 0 bridgehead atoms. The third-order valence-electron chi connectivity index (χ3n) is 9.18. The Hall–Kier alpha value is -4.99. The van der Waals surface area contributed by atoms with E-state index in [9.17, 15) is 32.7 Å². The van der Waals surface area contributed by atoms with Crippen LogP contribution in [0.5, 0.6) is 0 Å². The molecule has 2 saturated heterocycles. The molecule has 0 saturated carbocycles. The van der Waals surface area contributed by atoms with Gasteiger partial charge in [0.05, 0.1) is 5.69 Å². The number of likely N-dealkylation sites (N-methyl/N-ethyl adjacent to an activating group) is 1. The van der Waals surface area contributed by atoms with Gasteiger partial charge in [0.25, 0.3) is 5.91 Å². The lowest BCUT2D eigenvalue weighted by molar-refractivity contribution is -0.192. The zero-order valence-electron chi connectivity index (χ0n) is 28.8. The summed E-state index contributed by atoms with van der Waals surface area (Å²) in [5.41, 5.74) is 9.26. The second-order valence-corrected chi connectivity index (χ2v) is 12.9. The van der Waals surface area contributed by atoms with Gasteiger partial charge < -0.3 is 30.5 Å². The van der Waals surface area contributed by atoms with Gasteiger partial charge in [0.2, 0.25) is 0 Å². The SMILES string of the molecule is CN(CCN1CCC(OC(=O)Nc2ccccc2-c2ccccc2)CC1)C(=O)c1ccc(CN2CCC(N)(C(=O)O)CC2)cc1.O=C(O)C(F)(F)F. The Morgan fingerprint density at radius 3 is 2.04 bits per heavy atom. The Morgan fingerprint density at radius 2 is 1.46 bits per heavy atom. The number of amides is 2. The number of carboxylic acid groups (broad SMARTS) is 2. The number of alkyl halides is 3. The van der Waals surface area contributed by atoms with Gasteiger partial charge in [0, 0.05) is 64.0 Å². The van der Waals surface area contributed by atoms with Crippen molar-refractivity contribution in [1.29, 1.82) is 0 Å². The van der Waals surface area contributed by atoms with Crippen molar-refractivity contribution < 1.29 is 47.3 Å². The van der Waals surface area contributed by atoms with Crippen LogP contribution in [0, 0.1) is 0 Å². The van der Waals surface area contributed by atoms with E-state index in [4.69, 9.17) is 20.4 Å². The zero-order chi connectivity index (χ0) is 37.9. The molecule has 0 aliphatic carbocycles. The Labute approximate surface area is 299 Å². The summed E-state index contributed by atoms with van der Waals surface area (Å²) in [6.45, 7) is 4.90. The van der Waals surface area contributed by atoms with Crippen molar-refractivity contribution in [3.63, 3.8) is 0 Å². The Kier molecular flexibility index (Phi) is 13.8. The Bertz CT molecular complexity index is 1660. The van der Waals surface area contributed by atoms with E-state index in [1.165, 1.54) is 0 Å². The molecule has 5 rings (SSSR count). The number of rotatable bonds is 10. The number of nitrogens with one attached hydrogen (secondary N) is 1. The molecule has 2 amide bonds. The zero-order valence-corrected chi connectivity index (χ0v) is 28.8. The van der Waals surface area contributed by atoms with Gasteiger partial charge >= 0.3 is 24.2 Å². The Morgan fingerprint density at radius 1 is 0.885 bits per heavy atom. The third kappa shape index (κ3) is 11.5. The van der Waals surface area contributed by atoms with E-state index in [1.54, 1.807) is 4.90 Å². The predicted molar refractivity (Wildman–Crippen MR) is 188 cm³/mol. The fraction of sp³-hybridized carbons (Fsp3) is 0.405. The van der Waals surface area contributed by atoms with Gasteiger partial charge in [-0.1, -0.05) is 60.7 Å². The second-order valence-electron chi connectivity index (χ2n) is 12.9. The monoisotopic (exact) mass is 727 g/mol. The minimum absolute atomic E-state index is 0.0282. The second kappa shape index (κ2) is 18.0. The third-order valence-corrected chi connectivity index (χ3v) is 9.18. The summed E-state index contributed by atoms with van der Waals surface area (Å²) in [5, 5.41) is 19.4. The number of ether oxygens (including phenoxy) is 1. The summed E-state index contributed by atoms with van der Waals surface area (Å²) in [6, 6.07) is 25.3. The van der Waals surface area contributed by atoms with E-state index in [-0.39, 0.29) is 12.0 Å². The average Bonchev–Trinajstić information content (AvgIpc) is 3.12. The molecule has 2 aliphatic heterocycles. The van der Waals surface area contributed by atoms with E-state index in [2.05, 4.69) is 15.1 Å². The molecule has 2 fully saturated rings. The molecule has 0 aromatic heterocycles. The molecule has 2 aliphatic rings. The molecule has 0 spiro atoms. The van der Waals surface area contributed by atoms with Crippen LogP contribution in [0.25, 0.3) is 11.1 Å². The molecule has 0 atom stereocenters. The first-order valence-electron chi connectivity index (χ1n) is 16.9. The van der Waals surface area contributed by atoms with Crippen LogP contribution in [-0.2, 0) is 20.9 Å². The normalized spacial score (nSPS) is 16.6. The number of hydrogen-bond donors (Lipinski definition) is 4. The number of likely N-dealkylation sites (tertiary alicyclic amines) is 2. The van der Waals surface area contributed by atoms with Gasteiger partial charge in [-0.05, 0) is 55.0 Å². The first-order chi connectivity index (χ1) is 24.6. The summed E-state index contributed by atoms with van der Waals surface area (Å²) in [7, 11) is 1.82. The maximum Gasteiger partial charge on any atom is 0.490 e. The highest BCUT2D eigenvalue weighted by Crippen LogP contribution is 2.28. The molecule has 52 heavy (non-hydrogen) atoms.